The SMILES string of the molecule is O=C(Nc1ccc(Br)c(C(=O)NCC(O)C(=O)O)c1)OCC1c2ccccc2-c2ccccc21. The number of halogens is 1. The third kappa shape index (κ3) is 4.95. The van der Waals surface area contributed by atoms with Gasteiger partial charge in [-0.15, -0.1) is 0 Å². The van der Waals surface area contributed by atoms with Crippen LogP contribution in [-0.2, 0) is 9.53 Å². The Labute approximate surface area is 203 Å². The molecule has 1 aliphatic carbocycles. The summed E-state index contributed by atoms with van der Waals surface area (Å²) in [7, 11) is 0. The Hall–Kier alpha value is -3.69. The Bertz CT molecular complexity index is 1220. The van der Waals surface area contributed by atoms with E-state index in [0.29, 0.717) is 10.2 Å². The molecule has 3 aromatic rings. The molecule has 0 spiro atoms. The maximum atomic E-state index is 12.5. The van der Waals surface area contributed by atoms with E-state index in [2.05, 4.69) is 38.7 Å². The maximum absolute atomic E-state index is 12.5. The van der Waals surface area contributed by atoms with Gasteiger partial charge in [0, 0.05) is 16.1 Å². The number of aliphatic hydroxyl groups is 1. The lowest BCUT2D eigenvalue weighted by molar-refractivity contribution is -0.146. The van der Waals surface area contributed by atoms with Gasteiger partial charge in [0.25, 0.3) is 5.91 Å². The van der Waals surface area contributed by atoms with E-state index in [0.717, 1.165) is 22.3 Å². The van der Waals surface area contributed by atoms with Crippen LogP contribution in [0, 0.1) is 0 Å². The molecule has 174 valence electrons. The van der Waals surface area contributed by atoms with Crippen LogP contribution in [0.4, 0.5) is 10.5 Å². The Kier molecular flexibility index (Phi) is 6.95. The van der Waals surface area contributed by atoms with Crippen LogP contribution < -0.4 is 10.6 Å². The average molecular weight is 525 g/mol. The number of fused-ring (bicyclic) bond motifs is 3. The molecule has 1 atom stereocenters. The number of amides is 2. The number of carbonyl (C=O) groups excluding carboxylic acids is 2. The number of hydrogen-bond acceptors (Lipinski definition) is 5. The summed E-state index contributed by atoms with van der Waals surface area (Å²) < 4.78 is 5.96. The summed E-state index contributed by atoms with van der Waals surface area (Å²) in [5.41, 5.74) is 4.94. The number of aliphatic hydroxyl groups excluding tert-OH is 1. The van der Waals surface area contributed by atoms with Crippen molar-refractivity contribution in [3.63, 3.8) is 0 Å². The summed E-state index contributed by atoms with van der Waals surface area (Å²) in [5.74, 6) is -2.13. The molecule has 9 heteroatoms. The first-order valence-electron chi connectivity index (χ1n) is 10.5. The van der Waals surface area contributed by atoms with Crippen molar-refractivity contribution in [2.45, 2.75) is 12.0 Å². The number of anilines is 1. The molecule has 4 N–H and O–H groups in total. The standard InChI is InChI=1S/C25H21BrN2O6/c26-21-10-9-14(11-19(21)23(30)27-12-22(29)24(31)32)28-25(33)34-13-20-17-7-3-1-5-15(17)16-6-2-4-8-18(16)20/h1-11,20,22,29H,12-13H2,(H,27,30)(H,28,33)(H,31,32). The number of aliphatic carboxylic acids is 1. The van der Waals surface area contributed by atoms with Gasteiger partial charge in [-0.25, -0.2) is 9.59 Å². The quantitative estimate of drug-likeness (QED) is 0.370. The van der Waals surface area contributed by atoms with Gasteiger partial charge < -0.3 is 20.3 Å². The van der Waals surface area contributed by atoms with E-state index in [1.807, 2.05) is 36.4 Å². The van der Waals surface area contributed by atoms with Gasteiger partial charge in [-0.2, -0.15) is 0 Å². The molecule has 0 fully saturated rings. The summed E-state index contributed by atoms with van der Waals surface area (Å²) in [5, 5.41) is 23.0. The third-order valence-corrected chi connectivity index (χ3v) is 6.23. The second kappa shape index (κ2) is 10.1. The highest BCUT2D eigenvalue weighted by Crippen LogP contribution is 2.44. The Morgan fingerprint density at radius 2 is 1.59 bits per heavy atom. The van der Waals surface area contributed by atoms with Crippen LogP contribution >= 0.6 is 15.9 Å². The van der Waals surface area contributed by atoms with Gasteiger partial charge in [-0.05, 0) is 56.4 Å². The number of hydrogen-bond donors (Lipinski definition) is 4. The molecule has 0 aromatic heterocycles. The number of benzene rings is 3. The predicted molar refractivity (Wildman–Crippen MR) is 129 cm³/mol. The summed E-state index contributed by atoms with van der Waals surface area (Å²) in [6.45, 7) is -0.304. The normalized spacial score (nSPS) is 12.9. The molecular formula is C25H21BrN2O6. The van der Waals surface area contributed by atoms with Crippen molar-refractivity contribution in [1.29, 1.82) is 0 Å². The van der Waals surface area contributed by atoms with Crippen molar-refractivity contribution in [1.82, 2.24) is 5.32 Å². The van der Waals surface area contributed by atoms with Gasteiger partial charge in [-0.1, -0.05) is 48.5 Å². The minimum atomic E-state index is -1.72. The summed E-state index contributed by atoms with van der Waals surface area (Å²) in [6, 6.07) is 20.6. The number of ether oxygens (including phenoxy) is 1. The molecule has 0 bridgehead atoms. The summed E-state index contributed by atoms with van der Waals surface area (Å²) in [6.07, 6.45) is -2.39. The third-order valence-electron chi connectivity index (χ3n) is 5.54. The largest absolute Gasteiger partial charge is 0.479 e. The lowest BCUT2D eigenvalue weighted by Crippen LogP contribution is -2.36. The average Bonchev–Trinajstić information content (AvgIpc) is 3.16. The van der Waals surface area contributed by atoms with E-state index in [1.165, 1.54) is 6.07 Å². The molecule has 4 rings (SSSR count). The molecule has 3 aromatic carbocycles. The van der Waals surface area contributed by atoms with Crippen molar-refractivity contribution in [3.05, 3.63) is 87.9 Å². The van der Waals surface area contributed by atoms with Crippen molar-refractivity contribution in [2.24, 2.45) is 0 Å². The van der Waals surface area contributed by atoms with Crippen LogP contribution in [-0.4, -0.2) is 47.4 Å². The fourth-order valence-corrected chi connectivity index (χ4v) is 4.33. The van der Waals surface area contributed by atoms with Gasteiger partial charge in [-0.3, -0.25) is 10.1 Å². The molecule has 34 heavy (non-hydrogen) atoms. The van der Waals surface area contributed by atoms with Gasteiger partial charge in [0.1, 0.15) is 6.61 Å². The summed E-state index contributed by atoms with van der Waals surface area (Å²) in [4.78, 5) is 35.6. The van der Waals surface area contributed by atoms with Crippen LogP contribution in [0.15, 0.2) is 71.2 Å². The van der Waals surface area contributed by atoms with E-state index in [4.69, 9.17) is 9.84 Å². The van der Waals surface area contributed by atoms with Crippen molar-refractivity contribution in [3.8, 4) is 11.1 Å². The monoisotopic (exact) mass is 524 g/mol. The zero-order chi connectivity index (χ0) is 24.2. The highest BCUT2D eigenvalue weighted by atomic mass is 79.9. The second-order valence-corrected chi connectivity index (χ2v) is 8.56. The van der Waals surface area contributed by atoms with Gasteiger partial charge in [0.05, 0.1) is 12.1 Å². The highest BCUT2D eigenvalue weighted by Gasteiger charge is 2.29. The number of carbonyl (C=O) groups is 3. The fraction of sp³-hybridized carbons (Fsp3) is 0.160. The van der Waals surface area contributed by atoms with E-state index < -0.39 is 30.6 Å². The van der Waals surface area contributed by atoms with Gasteiger partial charge in [0.2, 0.25) is 0 Å². The van der Waals surface area contributed by atoms with Crippen LogP contribution in [0.2, 0.25) is 0 Å². The molecule has 0 radical (unpaired) electrons. The zero-order valence-electron chi connectivity index (χ0n) is 17.8. The number of rotatable bonds is 7. The minimum Gasteiger partial charge on any atom is -0.479 e. The summed E-state index contributed by atoms with van der Waals surface area (Å²) >= 11 is 3.26. The number of carboxylic acid groups (broad SMARTS) is 1. The Morgan fingerprint density at radius 1 is 0.971 bits per heavy atom. The van der Waals surface area contributed by atoms with Crippen LogP contribution in [0.1, 0.15) is 27.4 Å². The lowest BCUT2D eigenvalue weighted by atomic mass is 9.98. The molecule has 2 amide bonds. The zero-order valence-corrected chi connectivity index (χ0v) is 19.4. The van der Waals surface area contributed by atoms with E-state index >= 15 is 0 Å². The first kappa shape index (κ1) is 23.5. The van der Waals surface area contributed by atoms with Crippen molar-refractivity contribution < 1.29 is 29.3 Å². The molecule has 0 saturated heterocycles. The Morgan fingerprint density at radius 3 is 2.21 bits per heavy atom. The molecule has 1 unspecified atom stereocenters. The second-order valence-electron chi connectivity index (χ2n) is 7.71. The fourth-order valence-electron chi connectivity index (χ4n) is 3.90. The Balaban J connectivity index is 1.41. The predicted octanol–water partition coefficient (Wildman–Crippen LogP) is 3.99. The number of carboxylic acids is 1. The van der Waals surface area contributed by atoms with Crippen molar-refractivity contribution in [2.75, 3.05) is 18.5 Å². The molecule has 0 saturated carbocycles. The van der Waals surface area contributed by atoms with Gasteiger partial charge in [0.15, 0.2) is 6.10 Å². The van der Waals surface area contributed by atoms with Gasteiger partial charge >= 0.3 is 12.1 Å². The smallest absolute Gasteiger partial charge is 0.411 e. The van der Waals surface area contributed by atoms with Crippen LogP contribution in [0.25, 0.3) is 11.1 Å². The number of nitrogens with one attached hydrogen (secondary N) is 2. The molecular weight excluding hydrogens is 504 g/mol. The molecule has 0 aliphatic heterocycles. The first-order chi connectivity index (χ1) is 16.3. The lowest BCUT2D eigenvalue weighted by Gasteiger charge is -2.15. The van der Waals surface area contributed by atoms with Crippen molar-refractivity contribution >= 4 is 39.6 Å². The molecule has 8 nitrogen and oxygen atoms in total. The topological polar surface area (TPSA) is 125 Å². The maximum Gasteiger partial charge on any atom is 0.411 e. The van der Waals surface area contributed by atoms with Crippen LogP contribution in [0.5, 0.6) is 0 Å². The van der Waals surface area contributed by atoms with E-state index in [9.17, 15) is 19.5 Å². The van der Waals surface area contributed by atoms with Crippen LogP contribution in [0.3, 0.4) is 0 Å². The minimum absolute atomic E-state index is 0.0786. The highest BCUT2D eigenvalue weighted by molar-refractivity contribution is 9.10. The van der Waals surface area contributed by atoms with E-state index in [-0.39, 0.29) is 18.1 Å². The first-order valence-corrected chi connectivity index (χ1v) is 11.2. The molecule has 1 aliphatic rings. The van der Waals surface area contributed by atoms with E-state index in [1.54, 1.807) is 12.1 Å². The molecule has 0 heterocycles.